The van der Waals surface area contributed by atoms with Gasteiger partial charge < -0.3 is 0 Å². The molecule has 0 nitrogen and oxygen atoms in total. The molecule has 0 bridgehead atoms. The maximum Gasteiger partial charge on any atom is 0.0277 e. The molecule has 1 aromatic rings. The van der Waals surface area contributed by atoms with Crippen LogP contribution in [0.2, 0.25) is 0 Å². The van der Waals surface area contributed by atoms with E-state index in [1.54, 1.807) is 0 Å². The van der Waals surface area contributed by atoms with Gasteiger partial charge in [-0.2, -0.15) is 0 Å². The molecule has 0 saturated heterocycles. The van der Waals surface area contributed by atoms with E-state index in [9.17, 15) is 0 Å². The van der Waals surface area contributed by atoms with Gasteiger partial charge in [-0.3, -0.25) is 0 Å². The fraction of sp³-hybridized carbons (Fsp3) is 0.467. The van der Waals surface area contributed by atoms with E-state index >= 15 is 0 Å². The summed E-state index contributed by atoms with van der Waals surface area (Å²) in [5, 5.41) is 0. The van der Waals surface area contributed by atoms with Crippen LogP contribution >= 0.6 is 0 Å². The Morgan fingerprint density at radius 1 is 1.40 bits per heavy atom. The lowest BCUT2D eigenvalue weighted by molar-refractivity contribution is 0.337. The molecule has 0 radical (unpaired) electrons. The van der Waals surface area contributed by atoms with Crippen LogP contribution in [-0.4, -0.2) is 0 Å². The first-order valence-electron chi connectivity index (χ1n) is 5.68. The lowest BCUT2D eigenvalue weighted by atomic mass is 9.74. The van der Waals surface area contributed by atoms with Crippen LogP contribution in [-0.2, 0) is 11.8 Å². The zero-order valence-corrected chi connectivity index (χ0v) is 9.80. The van der Waals surface area contributed by atoms with Gasteiger partial charge in [-0.1, -0.05) is 38.8 Å². The molecule has 15 heavy (non-hydrogen) atoms. The second-order valence-corrected chi connectivity index (χ2v) is 5.05. The topological polar surface area (TPSA) is 0 Å². The Balaban J connectivity index is 2.58. The minimum atomic E-state index is 0.322. The van der Waals surface area contributed by atoms with Crippen molar-refractivity contribution in [3.63, 3.8) is 0 Å². The van der Waals surface area contributed by atoms with E-state index in [-0.39, 0.29) is 0 Å². The molecule has 2 rings (SSSR count). The largest absolute Gasteiger partial charge is 0.115 e. The third-order valence-corrected chi connectivity index (χ3v) is 4.12. The Morgan fingerprint density at radius 3 is 2.73 bits per heavy atom. The van der Waals surface area contributed by atoms with Crippen molar-refractivity contribution in [1.29, 1.82) is 0 Å². The summed E-state index contributed by atoms with van der Waals surface area (Å²) in [6.07, 6.45) is 7.92. The molecule has 0 amide bonds. The van der Waals surface area contributed by atoms with E-state index in [0.29, 0.717) is 11.3 Å². The van der Waals surface area contributed by atoms with Gasteiger partial charge in [-0.25, -0.2) is 0 Å². The predicted octanol–water partition coefficient (Wildman–Crippen LogP) is 3.53. The fourth-order valence-corrected chi connectivity index (χ4v) is 2.65. The van der Waals surface area contributed by atoms with Gasteiger partial charge in [0.2, 0.25) is 0 Å². The number of rotatable bonds is 1. The van der Waals surface area contributed by atoms with Crippen LogP contribution in [0, 0.1) is 18.3 Å². The molecule has 0 spiro atoms. The van der Waals surface area contributed by atoms with Crippen molar-refractivity contribution in [2.75, 3.05) is 0 Å². The van der Waals surface area contributed by atoms with Crippen LogP contribution in [0.25, 0.3) is 0 Å². The standard InChI is InChI=1S/C15H18/c1-5-12-7-6-8-14-13(12)9-10-15(14,4)11(2)3/h1,6-8,11H,9-10H2,2-4H3. The SMILES string of the molecule is C#Cc1cccc2c1CCC2(C)C(C)C. The number of fused-ring (bicyclic) bond motifs is 1. The van der Waals surface area contributed by atoms with E-state index in [1.165, 1.54) is 17.5 Å². The van der Waals surface area contributed by atoms with Crippen molar-refractivity contribution in [2.24, 2.45) is 5.92 Å². The van der Waals surface area contributed by atoms with E-state index in [2.05, 4.69) is 44.9 Å². The first-order valence-corrected chi connectivity index (χ1v) is 5.68. The molecular weight excluding hydrogens is 180 g/mol. The molecule has 0 aromatic heterocycles. The number of benzene rings is 1. The second kappa shape index (κ2) is 3.42. The zero-order valence-electron chi connectivity index (χ0n) is 9.80. The molecule has 1 aliphatic carbocycles. The molecular formula is C15H18. The molecule has 1 aliphatic rings. The molecule has 0 fully saturated rings. The van der Waals surface area contributed by atoms with Crippen LogP contribution in [0.15, 0.2) is 18.2 Å². The van der Waals surface area contributed by atoms with Crippen molar-refractivity contribution in [3.8, 4) is 12.3 Å². The normalized spacial score (nSPS) is 23.9. The quantitative estimate of drug-likeness (QED) is 0.606. The average Bonchev–Trinajstić information content (AvgIpc) is 2.58. The summed E-state index contributed by atoms with van der Waals surface area (Å²) in [4.78, 5) is 0. The summed E-state index contributed by atoms with van der Waals surface area (Å²) in [6, 6.07) is 6.41. The molecule has 0 N–H and O–H groups in total. The molecule has 1 atom stereocenters. The van der Waals surface area contributed by atoms with Crippen LogP contribution in [0.4, 0.5) is 0 Å². The molecule has 0 heteroatoms. The van der Waals surface area contributed by atoms with Gasteiger partial charge in [-0.15, -0.1) is 6.42 Å². The highest BCUT2D eigenvalue weighted by Gasteiger charge is 2.37. The number of hydrogen-bond donors (Lipinski definition) is 0. The molecule has 0 aliphatic heterocycles. The van der Waals surface area contributed by atoms with Gasteiger partial charge in [0.25, 0.3) is 0 Å². The summed E-state index contributed by atoms with van der Waals surface area (Å²) < 4.78 is 0. The van der Waals surface area contributed by atoms with Gasteiger partial charge in [0.15, 0.2) is 0 Å². The smallest absolute Gasteiger partial charge is 0.0277 e. The lowest BCUT2D eigenvalue weighted by Gasteiger charge is -2.30. The highest BCUT2D eigenvalue weighted by Crippen LogP contribution is 2.44. The van der Waals surface area contributed by atoms with Gasteiger partial charge in [-0.05, 0) is 41.4 Å². The van der Waals surface area contributed by atoms with Crippen molar-refractivity contribution in [2.45, 2.75) is 39.0 Å². The van der Waals surface area contributed by atoms with E-state index in [1.807, 2.05) is 0 Å². The highest BCUT2D eigenvalue weighted by molar-refractivity contribution is 5.50. The van der Waals surface area contributed by atoms with Crippen molar-refractivity contribution >= 4 is 0 Å². The summed E-state index contributed by atoms with van der Waals surface area (Å²) in [6.45, 7) is 6.97. The first-order chi connectivity index (χ1) is 7.09. The monoisotopic (exact) mass is 198 g/mol. The van der Waals surface area contributed by atoms with Crippen LogP contribution in [0.5, 0.6) is 0 Å². The van der Waals surface area contributed by atoms with Crippen LogP contribution in [0.1, 0.15) is 43.9 Å². The van der Waals surface area contributed by atoms with Gasteiger partial charge in [0, 0.05) is 5.56 Å². The summed E-state index contributed by atoms with van der Waals surface area (Å²) >= 11 is 0. The third kappa shape index (κ3) is 1.38. The maximum atomic E-state index is 5.54. The number of hydrogen-bond acceptors (Lipinski definition) is 0. The van der Waals surface area contributed by atoms with Gasteiger partial charge in [0.05, 0.1) is 0 Å². The van der Waals surface area contributed by atoms with E-state index in [4.69, 9.17) is 6.42 Å². The lowest BCUT2D eigenvalue weighted by Crippen LogP contribution is -2.25. The molecule has 1 aromatic carbocycles. The van der Waals surface area contributed by atoms with Crippen molar-refractivity contribution in [1.82, 2.24) is 0 Å². The van der Waals surface area contributed by atoms with Gasteiger partial charge >= 0.3 is 0 Å². The summed E-state index contributed by atoms with van der Waals surface area (Å²) in [5.74, 6) is 3.48. The fourth-order valence-electron chi connectivity index (χ4n) is 2.65. The minimum Gasteiger partial charge on any atom is -0.115 e. The van der Waals surface area contributed by atoms with Crippen molar-refractivity contribution in [3.05, 3.63) is 34.9 Å². The Bertz CT molecular complexity index is 420. The Morgan fingerprint density at radius 2 is 2.13 bits per heavy atom. The molecule has 78 valence electrons. The Hall–Kier alpha value is -1.22. The summed E-state index contributed by atoms with van der Waals surface area (Å²) in [5.41, 5.74) is 4.31. The van der Waals surface area contributed by atoms with Crippen LogP contribution in [0.3, 0.4) is 0 Å². The van der Waals surface area contributed by atoms with Crippen molar-refractivity contribution < 1.29 is 0 Å². The summed E-state index contributed by atoms with van der Waals surface area (Å²) in [7, 11) is 0. The van der Waals surface area contributed by atoms with Gasteiger partial charge in [0.1, 0.15) is 0 Å². The first kappa shape index (κ1) is 10.3. The predicted molar refractivity (Wildman–Crippen MR) is 64.9 cm³/mol. The Kier molecular flexibility index (Phi) is 2.35. The molecule has 0 heterocycles. The zero-order chi connectivity index (χ0) is 11.1. The maximum absolute atomic E-state index is 5.54. The average molecular weight is 198 g/mol. The minimum absolute atomic E-state index is 0.322. The molecule has 1 unspecified atom stereocenters. The number of terminal acetylenes is 1. The third-order valence-electron chi connectivity index (χ3n) is 4.12. The Labute approximate surface area is 92.7 Å². The van der Waals surface area contributed by atoms with E-state index in [0.717, 1.165) is 12.0 Å². The van der Waals surface area contributed by atoms with Crippen LogP contribution < -0.4 is 0 Å². The van der Waals surface area contributed by atoms with E-state index < -0.39 is 0 Å². The highest BCUT2D eigenvalue weighted by atomic mass is 14.4. The second-order valence-electron chi connectivity index (χ2n) is 5.05. The molecule has 0 saturated carbocycles.